The van der Waals surface area contributed by atoms with Crippen LogP contribution in [0.5, 0.6) is 0 Å². The lowest BCUT2D eigenvalue weighted by Gasteiger charge is -1.96. The first kappa shape index (κ1) is 19.4. The zero-order valence-electron chi connectivity index (χ0n) is 12.5. The van der Waals surface area contributed by atoms with Crippen molar-refractivity contribution in [3.63, 3.8) is 0 Å². The zero-order valence-corrected chi connectivity index (χ0v) is 12.5. The van der Waals surface area contributed by atoms with E-state index in [0.717, 1.165) is 7.11 Å². The van der Waals surface area contributed by atoms with E-state index < -0.39 is 18.2 Å². The molecule has 0 aliphatic rings. The van der Waals surface area contributed by atoms with E-state index in [1.807, 2.05) is 27.7 Å². The first-order chi connectivity index (χ1) is 9.04. The number of aryl methyl sites for hydroxylation is 1. The van der Waals surface area contributed by atoms with Gasteiger partial charge in [-0.1, -0.05) is 27.7 Å². The molecule has 0 aliphatic heterocycles. The molecule has 0 fully saturated rings. The number of methoxy groups -OCH3 is 1. The van der Waals surface area contributed by atoms with Crippen LogP contribution in [-0.4, -0.2) is 29.2 Å². The van der Waals surface area contributed by atoms with Crippen molar-refractivity contribution in [2.45, 2.75) is 34.1 Å². The summed E-state index contributed by atoms with van der Waals surface area (Å²) in [5, 5.41) is 0. The van der Waals surface area contributed by atoms with Crippen LogP contribution in [0.15, 0.2) is 18.5 Å². The van der Waals surface area contributed by atoms with E-state index in [-0.39, 0.29) is 5.78 Å². The standard InChI is InChI=1S/C10H11NO4.2C2H6/c1-11-4-3-7(6-11)8(12)5-9(13)10(14)15-2;2*1-2/h3-4,6H,5H2,1-2H3;2*1-2H3. The predicted molar refractivity (Wildman–Crippen MR) is 74.1 cm³/mol. The Morgan fingerprint density at radius 3 is 2.05 bits per heavy atom. The van der Waals surface area contributed by atoms with Crippen molar-refractivity contribution in [2.24, 2.45) is 7.05 Å². The molecule has 1 aromatic heterocycles. The summed E-state index contributed by atoms with van der Waals surface area (Å²) in [6.07, 6.45) is 2.83. The van der Waals surface area contributed by atoms with Crippen molar-refractivity contribution in [1.29, 1.82) is 0 Å². The number of esters is 1. The van der Waals surface area contributed by atoms with E-state index >= 15 is 0 Å². The van der Waals surface area contributed by atoms with Gasteiger partial charge >= 0.3 is 5.97 Å². The number of carbonyl (C=O) groups excluding carboxylic acids is 3. The predicted octanol–water partition coefficient (Wildman–Crippen LogP) is 2.39. The summed E-state index contributed by atoms with van der Waals surface area (Å²) in [5.74, 6) is -2.20. The summed E-state index contributed by atoms with van der Waals surface area (Å²) in [5.41, 5.74) is 0.412. The van der Waals surface area contributed by atoms with Gasteiger partial charge in [-0.3, -0.25) is 9.59 Å². The number of ether oxygens (including phenoxy) is 1. The lowest BCUT2D eigenvalue weighted by atomic mass is 10.1. The van der Waals surface area contributed by atoms with E-state index in [1.54, 1.807) is 30.1 Å². The fourth-order valence-electron chi connectivity index (χ4n) is 1.10. The van der Waals surface area contributed by atoms with Crippen LogP contribution in [0.25, 0.3) is 0 Å². The maximum absolute atomic E-state index is 11.4. The maximum atomic E-state index is 11.4. The highest BCUT2D eigenvalue weighted by atomic mass is 16.5. The molecule has 1 rings (SSSR count). The smallest absolute Gasteiger partial charge is 0.374 e. The van der Waals surface area contributed by atoms with Gasteiger partial charge < -0.3 is 9.30 Å². The van der Waals surface area contributed by atoms with Crippen molar-refractivity contribution in [3.8, 4) is 0 Å². The fraction of sp³-hybridized carbons (Fsp3) is 0.500. The molecule has 19 heavy (non-hydrogen) atoms. The SMILES string of the molecule is CC.CC.COC(=O)C(=O)CC(=O)c1ccn(C)c1. The molecular weight excluding hydrogens is 246 g/mol. The summed E-state index contributed by atoms with van der Waals surface area (Å²) >= 11 is 0. The molecule has 0 unspecified atom stereocenters. The van der Waals surface area contributed by atoms with Crippen LogP contribution in [0.4, 0.5) is 0 Å². The van der Waals surface area contributed by atoms with E-state index in [2.05, 4.69) is 4.74 Å². The fourth-order valence-corrected chi connectivity index (χ4v) is 1.10. The van der Waals surface area contributed by atoms with Crippen LogP contribution >= 0.6 is 0 Å². The molecule has 0 amide bonds. The highest BCUT2D eigenvalue weighted by molar-refractivity contribution is 6.38. The van der Waals surface area contributed by atoms with Crippen LogP contribution in [-0.2, 0) is 21.4 Å². The number of ketones is 2. The summed E-state index contributed by atoms with van der Waals surface area (Å²) in [6, 6.07) is 1.59. The number of hydrogen-bond donors (Lipinski definition) is 0. The third kappa shape index (κ3) is 7.18. The summed E-state index contributed by atoms with van der Waals surface area (Å²) in [6.45, 7) is 8.00. The number of aromatic nitrogens is 1. The van der Waals surface area contributed by atoms with Crippen molar-refractivity contribution in [1.82, 2.24) is 4.57 Å². The average Bonchev–Trinajstić information content (AvgIpc) is 2.89. The Morgan fingerprint density at radius 2 is 1.68 bits per heavy atom. The molecule has 0 atom stereocenters. The van der Waals surface area contributed by atoms with Gasteiger partial charge in [-0.15, -0.1) is 0 Å². The van der Waals surface area contributed by atoms with Gasteiger partial charge in [0.2, 0.25) is 5.78 Å². The second-order valence-corrected chi connectivity index (χ2v) is 3.08. The van der Waals surface area contributed by atoms with E-state index in [4.69, 9.17) is 0 Å². The Bertz CT molecular complexity index is 407. The van der Waals surface area contributed by atoms with E-state index in [0.29, 0.717) is 5.56 Å². The Balaban J connectivity index is 0. The van der Waals surface area contributed by atoms with Crippen molar-refractivity contribution < 1.29 is 19.1 Å². The highest BCUT2D eigenvalue weighted by Gasteiger charge is 2.19. The Morgan fingerprint density at radius 1 is 1.16 bits per heavy atom. The quantitative estimate of drug-likeness (QED) is 0.364. The minimum Gasteiger partial charge on any atom is -0.463 e. The Hall–Kier alpha value is -1.91. The van der Waals surface area contributed by atoms with Gasteiger partial charge in [-0.2, -0.15) is 0 Å². The maximum Gasteiger partial charge on any atom is 0.374 e. The van der Waals surface area contributed by atoms with Gasteiger partial charge in [0.15, 0.2) is 5.78 Å². The topological polar surface area (TPSA) is 65.4 Å². The van der Waals surface area contributed by atoms with Crippen molar-refractivity contribution in [3.05, 3.63) is 24.0 Å². The molecule has 0 aliphatic carbocycles. The van der Waals surface area contributed by atoms with E-state index in [9.17, 15) is 14.4 Å². The summed E-state index contributed by atoms with van der Waals surface area (Å²) in [4.78, 5) is 33.3. The first-order valence-corrected chi connectivity index (χ1v) is 6.31. The number of nitrogens with zero attached hydrogens (tertiary/aromatic N) is 1. The molecule has 0 saturated heterocycles. The van der Waals surface area contributed by atoms with Crippen molar-refractivity contribution >= 4 is 17.5 Å². The molecule has 0 aromatic carbocycles. The zero-order chi connectivity index (χ0) is 15.4. The second-order valence-electron chi connectivity index (χ2n) is 3.08. The van der Waals surface area contributed by atoms with Gasteiger partial charge in [0.1, 0.15) is 0 Å². The third-order valence-corrected chi connectivity index (χ3v) is 1.89. The minimum absolute atomic E-state index is 0.383. The molecule has 1 aromatic rings. The van der Waals surface area contributed by atoms with Crippen LogP contribution in [0, 0.1) is 0 Å². The van der Waals surface area contributed by atoms with Gasteiger partial charge in [-0.05, 0) is 6.07 Å². The molecular formula is C14H23NO4. The number of Topliss-reactive ketones (excluding diaryl/α,β-unsaturated/α-hetero) is 2. The molecule has 5 heteroatoms. The number of carbonyl (C=O) groups is 3. The lowest BCUT2D eigenvalue weighted by molar-refractivity contribution is -0.151. The average molecular weight is 269 g/mol. The van der Waals surface area contributed by atoms with Gasteiger partial charge in [0.05, 0.1) is 13.5 Å². The second kappa shape index (κ2) is 11.2. The molecule has 0 bridgehead atoms. The Labute approximate surface area is 114 Å². The van der Waals surface area contributed by atoms with Gasteiger partial charge in [-0.25, -0.2) is 4.79 Å². The number of rotatable bonds is 4. The van der Waals surface area contributed by atoms with Crippen molar-refractivity contribution in [2.75, 3.05) is 7.11 Å². The lowest BCUT2D eigenvalue weighted by Crippen LogP contribution is -2.19. The molecule has 0 radical (unpaired) electrons. The molecule has 1 heterocycles. The van der Waals surface area contributed by atoms with Gasteiger partial charge in [0, 0.05) is 25.0 Å². The monoisotopic (exact) mass is 269 g/mol. The summed E-state index contributed by atoms with van der Waals surface area (Å²) < 4.78 is 5.90. The minimum atomic E-state index is -0.987. The molecule has 108 valence electrons. The van der Waals surface area contributed by atoms with Crippen LogP contribution < -0.4 is 0 Å². The van der Waals surface area contributed by atoms with Crippen LogP contribution in [0.1, 0.15) is 44.5 Å². The number of hydrogen-bond acceptors (Lipinski definition) is 4. The molecule has 0 spiro atoms. The summed E-state index contributed by atoms with van der Waals surface area (Å²) in [7, 11) is 2.87. The first-order valence-electron chi connectivity index (χ1n) is 6.31. The normalized spacial score (nSPS) is 8.32. The molecule has 0 saturated carbocycles. The van der Waals surface area contributed by atoms with Crippen LogP contribution in [0.2, 0.25) is 0 Å². The third-order valence-electron chi connectivity index (χ3n) is 1.89. The highest BCUT2D eigenvalue weighted by Crippen LogP contribution is 2.04. The van der Waals surface area contributed by atoms with Crippen LogP contribution in [0.3, 0.4) is 0 Å². The van der Waals surface area contributed by atoms with Gasteiger partial charge in [0.25, 0.3) is 0 Å². The molecule has 5 nitrogen and oxygen atoms in total. The molecule has 0 N–H and O–H groups in total. The largest absolute Gasteiger partial charge is 0.463 e. The van der Waals surface area contributed by atoms with E-state index in [1.165, 1.54) is 0 Å². The Kier molecular flexibility index (Phi) is 11.4.